The van der Waals surface area contributed by atoms with Crippen molar-refractivity contribution in [2.24, 2.45) is 0 Å². The smallest absolute Gasteiger partial charge is 0.251 e. The number of piperidine rings is 1. The predicted molar refractivity (Wildman–Crippen MR) is 98.2 cm³/mol. The first-order valence-corrected chi connectivity index (χ1v) is 8.96. The van der Waals surface area contributed by atoms with Gasteiger partial charge in [0, 0.05) is 49.8 Å². The normalized spacial score (nSPS) is 17.3. The molecule has 0 saturated carbocycles. The molecule has 7 heteroatoms. The second kappa shape index (κ2) is 7.68. The van der Waals surface area contributed by atoms with Gasteiger partial charge in [-0.05, 0) is 32.8 Å². The van der Waals surface area contributed by atoms with Gasteiger partial charge >= 0.3 is 0 Å². The van der Waals surface area contributed by atoms with Crippen LogP contribution in [0.25, 0.3) is 0 Å². The number of carbonyl (C=O) groups is 1. The van der Waals surface area contributed by atoms with E-state index in [0.717, 1.165) is 24.2 Å². The number of rotatable bonds is 4. The fourth-order valence-corrected chi connectivity index (χ4v) is 3.53. The third-order valence-corrected chi connectivity index (χ3v) is 4.89. The molecule has 7 nitrogen and oxygen atoms in total. The van der Waals surface area contributed by atoms with E-state index in [-0.39, 0.29) is 22.9 Å². The standard InChI is InChI=1S/C19H24N4O3/c1-13-5-3-7-19(26)23(13)10-8-18(25)22-9-4-6-15(12-22)16-11-17(24)21-14(2)20-16/h3,5,7,11,15H,4,6,8-10,12H2,1-2H3,(H,20,21,24)/t15-/m1/s1. The van der Waals surface area contributed by atoms with Crippen LogP contribution >= 0.6 is 0 Å². The van der Waals surface area contributed by atoms with Crippen LogP contribution in [0.4, 0.5) is 0 Å². The Labute approximate surface area is 151 Å². The number of nitrogens with zero attached hydrogens (tertiary/aromatic N) is 3. The molecule has 0 aromatic carbocycles. The minimum absolute atomic E-state index is 0.0337. The van der Waals surface area contributed by atoms with Crippen LogP contribution < -0.4 is 11.1 Å². The third kappa shape index (κ3) is 4.09. The lowest BCUT2D eigenvalue weighted by molar-refractivity contribution is -0.132. The maximum Gasteiger partial charge on any atom is 0.251 e. The van der Waals surface area contributed by atoms with E-state index in [2.05, 4.69) is 9.97 Å². The number of aromatic nitrogens is 3. The molecule has 0 bridgehead atoms. The molecule has 1 aliphatic rings. The van der Waals surface area contributed by atoms with Crippen LogP contribution in [0.15, 0.2) is 33.9 Å². The zero-order chi connectivity index (χ0) is 18.7. The van der Waals surface area contributed by atoms with Crippen molar-refractivity contribution in [1.82, 2.24) is 19.4 Å². The van der Waals surface area contributed by atoms with Gasteiger partial charge in [-0.1, -0.05) is 6.07 Å². The average Bonchev–Trinajstić information content (AvgIpc) is 2.60. The lowest BCUT2D eigenvalue weighted by atomic mass is 9.94. The summed E-state index contributed by atoms with van der Waals surface area (Å²) in [6.07, 6.45) is 2.09. The molecule has 2 aromatic heterocycles. The Hall–Kier alpha value is -2.70. The summed E-state index contributed by atoms with van der Waals surface area (Å²) in [6, 6.07) is 6.62. The highest BCUT2D eigenvalue weighted by Gasteiger charge is 2.26. The summed E-state index contributed by atoms with van der Waals surface area (Å²) >= 11 is 0. The van der Waals surface area contributed by atoms with Gasteiger partial charge in [0.2, 0.25) is 5.91 Å². The van der Waals surface area contributed by atoms with Gasteiger partial charge < -0.3 is 14.5 Å². The molecule has 0 spiro atoms. The molecule has 3 rings (SSSR count). The molecule has 2 aromatic rings. The SMILES string of the molecule is Cc1nc([C@@H]2CCCN(C(=O)CCn3c(C)cccc3=O)C2)cc(=O)[nH]1. The zero-order valence-electron chi connectivity index (χ0n) is 15.2. The van der Waals surface area contributed by atoms with E-state index >= 15 is 0 Å². The highest BCUT2D eigenvalue weighted by atomic mass is 16.2. The Morgan fingerprint density at radius 3 is 2.85 bits per heavy atom. The van der Waals surface area contributed by atoms with E-state index in [1.165, 1.54) is 12.1 Å². The number of aryl methyl sites for hydroxylation is 2. The molecule has 1 amide bonds. The van der Waals surface area contributed by atoms with Crippen molar-refractivity contribution in [1.29, 1.82) is 0 Å². The third-order valence-electron chi connectivity index (χ3n) is 4.89. The van der Waals surface area contributed by atoms with Gasteiger partial charge in [-0.15, -0.1) is 0 Å². The number of hydrogen-bond acceptors (Lipinski definition) is 4. The van der Waals surface area contributed by atoms with Crippen LogP contribution in [0.2, 0.25) is 0 Å². The molecule has 138 valence electrons. The van der Waals surface area contributed by atoms with E-state index in [0.29, 0.717) is 31.9 Å². The Bertz CT molecular complexity index is 915. The summed E-state index contributed by atoms with van der Waals surface area (Å²) in [4.78, 5) is 45.1. The quantitative estimate of drug-likeness (QED) is 0.895. The lowest BCUT2D eigenvalue weighted by Crippen LogP contribution is -2.40. The van der Waals surface area contributed by atoms with E-state index < -0.39 is 0 Å². The molecule has 1 saturated heterocycles. The molecule has 1 fully saturated rings. The van der Waals surface area contributed by atoms with Gasteiger partial charge in [0.05, 0.1) is 5.69 Å². The fourth-order valence-electron chi connectivity index (χ4n) is 3.53. The van der Waals surface area contributed by atoms with E-state index in [4.69, 9.17) is 0 Å². The number of amides is 1. The van der Waals surface area contributed by atoms with Crippen LogP contribution in [0.1, 0.15) is 42.4 Å². The topological polar surface area (TPSA) is 88.1 Å². The second-order valence-corrected chi connectivity index (χ2v) is 6.84. The molecule has 26 heavy (non-hydrogen) atoms. The number of nitrogens with one attached hydrogen (secondary N) is 1. The van der Waals surface area contributed by atoms with Gasteiger partial charge in [-0.25, -0.2) is 4.98 Å². The van der Waals surface area contributed by atoms with Crippen molar-refractivity contribution >= 4 is 5.91 Å². The van der Waals surface area contributed by atoms with Gasteiger partial charge in [0.25, 0.3) is 11.1 Å². The number of pyridine rings is 1. The number of likely N-dealkylation sites (tertiary alicyclic amines) is 1. The van der Waals surface area contributed by atoms with E-state index in [1.54, 1.807) is 17.6 Å². The molecule has 0 unspecified atom stereocenters. The minimum atomic E-state index is -0.158. The summed E-state index contributed by atoms with van der Waals surface area (Å²) in [6.45, 7) is 5.28. The Kier molecular flexibility index (Phi) is 5.35. The Morgan fingerprint density at radius 1 is 1.31 bits per heavy atom. The molecule has 0 radical (unpaired) electrons. The summed E-state index contributed by atoms with van der Waals surface area (Å²) in [7, 11) is 0. The molecule has 1 N–H and O–H groups in total. The molecule has 0 aliphatic carbocycles. The van der Waals surface area contributed by atoms with Gasteiger partial charge in [0.1, 0.15) is 5.82 Å². The van der Waals surface area contributed by atoms with Crippen molar-refractivity contribution in [2.75, 3.05) is 13.1 Å². The van der Waals surface area contributed by atoms with Crippen molar-refractivity contribution in [2.45, 2.75) is 45.6 Å². The van der Waals surface area contributed by atoms with Crippen molar-refractivity contribution in [3.05, 3.63) is 62.2 Å². The largest absolute Gasteiger partial charge is 0.342 e. The molecule has 1 aliphatic heterocycles. The van der Waals surface area contributed by atoms with E-state index in [1.807, 2.05) is 17.9 Å². The number of hydrogen-bond donors (Lipinski definition) is 1. The maximum absolute atomic E-state index is 12.6. The van der Waals surface area contributed by atoms with Gasteiger partial charge in [-0.3, -0.25) is 14.4 Å². The average molecular weight is 356 g/mol. The maximum atomic E-state index is 12.6. The number of aromatic amines is 1. The van der Waals surface area contributed by atoms with Crippen LogP contribution in [0.3, 0.4) is 0 Å². The molecular weight excluding hydrogens is 332 g/mol. The van der Waals surface area contributed by atoms with E-state index in [9.17, 15) is 14.4 Å². The van der Waals surface area contributed by atoms with Crippen LogP contribution in [-0.4, -0.2) is 38.4 Å². The minimum Gasteiger partial charge on any atom is -0.342 e. The van der Waals surface area contributed by atoms with Crippen molar-refractivity contribution in [3.8, 4) is 0 Å². The number of carbonyl (C=O) groups excluding carboxylic acids is 1. The lowest BCUT2D eigenvalue weighted by Gasteiger charge is -2.32. The summed E-state index contributed by atoms with van der Waals surface area (Å²) in [5.41, 5.74) is 1.36. The first-order chi connectivity index (χ1) is 12.4. The first kappa shape index (κ1) is 18.1. The van der Waals surface area contributed by atoms with Crippen LogP contribution in [-0.2, 0) is 11.3 Å². The molecule has 3 heterocycles. The van der Waals surface area contributed by atoms with Crippen LogP contribution in [0, 0.1) is 13.8 Å². The second-order valence-electron chi connectivity index (χ2n) is 6.84. The van der Waals surface area contributed by atoms with Crippen LogP contribution in [0.5, 0.6) is 0 Å². The van der Waals surface area contributed by atoms with Crippen molar-refractivity contribution in [3.63, 3.8) is 0 Å². The first-order valence-electron chi connectivity index (χ1n) is 8.96. The zero-order valence-corrected chi connectivity index (χ0v) is 15.2. The Morgan fingerprint density at radius 2 is 2.12 bits per heavy atom. The highest BCUT2D eigenvalue weighted by molar-refractivity contribution is 5.76. The Balaban J connectivity index is 1.66. The van der Waals surface area contributed by atoms with Gasteiger partial charge in [0.15, 0.2) is 0 Å². The molecular formula is C19H24N4O3. The summed E-state index contributed by atoms with van der Waals surface area (Å²) in [5.74, 6) is 0.705. The molecule has 1 atom stereocenters. The fraction of sp³-hybridized carbons (Fsp3) is 0.474. The predicted octanol–water partition coefficient (Wildman–Crippen LogP) is 1.34. The van der Waals surface area contributed by atoms with Gasteiger partial charge in [-0.2, -0.15) is 0 Å². The van der Waals surface area contributed by atoms with Crippen molar-refractivity contribution < 1.29 is 4.79 Å². The highest BCUT2D eigenvalue weighted by Crippen LogP contribution is 2.25. The summed E-state index contributed by atoms with van der Waals surface area (Å²) in [5, 5.41) is 0. The monoisotopic (exact) mass is 356 g/mol. The number of H-pyrrole nitrogens is 1. The summed E-state index contributed by atoms with van der Waals surface area (Å²) < 4.78 is 1.63.